The molecule has 7 nitrogen and oxygen atoms in total. The number of carboxylic acid groups (broad SMARTS) is 1. The summed E-state index contributed by atoms with van der Waals surface area (Å²) < 4.78 is 0. The molecule has 1 aromatic rings. The van der Waals surface area contributed by atoms with Gasteiger partial charge in [-0.15, -0.1) is 0 Å². The molecule has 1 saturated heterocycles. The molecule has 1 unspecified atom stereocenters. The summed E-state index contributed by atoms with van der Waals surface area (Å²) in [5.74, 6) is -0.776. The second-order valence-corrected chi connectivity index (χ2v) is 4.60. The molecule has 1 heterocycles. The van der Waals surface area contributed by atoms with Crippen molar-refractivity contribution in [2.24, 2.45) is 11.7 Å². The van der Waals surface area contributed by atoms with Gasteiger partial charge in [0.25, 0.3) is 5.69 Å². The first kappa shape index (κ1) is 13.3. The van der Waals surface area contributed by atoms with Gasteiger partial charge in [0.2, 0.25) is 0 Å². The number of non-ortho nitro benzene ring substituents is 1. The van der Waals surface area contributed by atoms with Gasteiger partial charge in [-0.05, 0) is 24.9 Å². The summed E-state index contributed by atoms with van der Waals surface area (Å²) in [5, 5.41) is 19.9. The van der Waals surface area contributed by atoms with E-state index in [2.05, 4.69) is 0 Å². The van der Waals surface area contributed by atoms with Crippen molar-refractivity contribution in [2.45, 2.75) is 6.42 Å². The molecule has 1 aromatic carbocycles. The van der Waals surface area contributed by atoms with Crippen molar-refractivity contribution in [3.05, 3.63) is 33.9 Å². The van der Waals surface area contributed by atoms with Gasteiger partial charge >= 0.3 is 5.97 Å². The number of rotatable bonds is 4. The Bertz CT molecular complexity index is 518. The molecular formula is C12H15N3O4. The van der Waals surface area contributed by atoms with Gasteiger partial charge < -0.3 is 15.7 Å². The molecule has 1 atom stereocenters. The third-order valence-corrected chi connectivity index (χ3v) is 3.38. The van der Waals surface area contributed by atoms with E-state index in [1.54, 1.807) is 0 Å². The minimum atomic E-state index is -1.08. The van der Waals surface area contributed by atoms with Crippen LogP contribution in [0.1, 0.15) is 16.8 Å². The molecule has 1 aliphatic heterocycles. The number of aromatic carboxylic acids is 1. The fourth-order valence-corrected chi connectivity index (χ4v) is 2.32. The SMILES string of the molecule is NCC1CCN(c2cc([N+](=O)[O-])ccc2C(=O)O)C1. The lowest BCUT2D eigenvalue weighted by Gasteiger charge is -2.20. The zero-order chi connectivity index (χ0) is 14.0. The molecule has 0 bridgehead atoms. The normalized spacial score (nSPS) is 18.6. The molecule has 0 aromatic heterocycles. The number of nitro groups is 1. The van der Waals surface area contributed by atoms with Gasteiger partial charge in [-0.2, -0.15) is 0 Å². The Balaban J connectivity index is 2.38. The molecule has 0 aliphatic carbocycles. The second-order valence-electron chi connectivity index (χ2n) is 4.60. The first-order valence-corrected chi connectivity index (χ1v) is 5.99. The fourth-order valence-electron chi connectivity index (χ4n) is 2.32. The van der Waals surface area contributed by atoms with Crippen molar-refractivity contribution in [3.8, 4) is 0 Å². The minimum Gasteiger partial charge on any atom is -0.478 e. The molecule has 19 heavy (non-hydrogen) atoms. The van der Waals surface area contributed by atoms with Gasteiger partial charge in [-0.25, -0.2) is 4.79 Å². The van der Waals surface area contributed by atoms with E-state index in [0.717, 1.165) is 6.42 Å². The number of hydrogen-bond acceptors (Lipinski definition) is 5. The van der Waals surface area contributed by atoms with Crippen LogP contribution in [0.25, 0.3) is 0 Å². The van der Waals surface area contributed by atoms with Crippen LogP contribution in [0, 0.1) is 16.0 Å². The van der Waals surface area contributed by atoms with E-state index < -0.39 is 10.9 Å². The maximum atomic E-state index is 11.2. The smallest absolute Gasteiger partial charge is 0.337 e. The van der Waals surface area contributed by atoms with E-state index in [1.165, 1.54) is 18.2 Å². The third kappa shape index (κ3) is 2.65. The molecule has 1 aliphatic rings. The number of nitrogens with two attached hydrogens (primary N) is 1. The van der Waals surface area contributed by atoms with Gasteiger partial charge in [-0.1, -0.05) is 0 Å². The van der Waals surface area contributed by atoms with Crippen LogP contribution in [0.2, 0.25) is 0 Å². The highest BCUT2D eigenvalue weighted by molar-refractivity contribution is 5.95. The number of hydrogen-bond donors (Lipinski definition) is 2. The number of carboxylic acids is 1. The van der Waals surface area contributed by atoms with E-state index in [0.29, 0.717) is 31.2 Å². The maximum absolute atomic E-state index is 11.2. The summed E-state index contributed by atoms with van der Waals surface area (Å²) in [6, 6.07) is 3.82. The lowest BCUT2D eigenvalue weighted by atomic mass is 10.1. The predicted molar refractivity (Wildman–Crippen MR) is 69.4 cm³/mol. The zero-order valence-electron chi connectivity index (χ0n) is 10.3. The summed E-state index contributed by atoms with van der Waals surface area (Å²) in [7, 11) is 0. The lowest BCUT2D eigenvalue weighted by Crippen LogP contribution is -2.24. The quantitative estimate of drug-likeness (QED) is 0.622. The number of nitro benzene ring substituents is 1. The fraction of sp³-hybridized carbons (Fsp3) is 0.417. The van der Waals surface area contributed by atoms with E-state index in [4.69, 9.17) is 10.8 Å². The Morgan fingerprint density at radius 2 is 2.32 bits per heavy atom. The summed E-state index contributed by atoms with van der Waals surface area (Å²) >= 11 is 0. The van der Waals surface area contributed by atoms with E-state index in [9.17, 15) is 14.9 Å². The monoisotopic (exact) mass is 265 g/mol. The van der Waals surface area contributed by atoms with Crippen LogP contribution >= 0.6 is 0 Å². The molecule has 102 valence electrons. The van der Waals surface area contributed by atoms with Crippen LogP contribution in [0.15, 0.2) is 18.2 Å². The third-order valence-electron chi connectivity index (χ3n) is 3.38. The Morgan fingerprint density at radius 1 is 1.58 bits per heavy atom. The highest BCUT2D eigenvalue weighted by Crippen LogP contribution is 2.30. The average Bonchev–Trinajstić information content (AvgIpc) is 2.86. The topological polar surface area (TPSA) is 110 Å². The predicted octanol–water partition coefficient (Wildman–Crippen LogP) is 1.08. The first-order valence-electron chi connectivity index (χ1n) is 5.99. The summed E-state index contributed by atoms with van der Waals surface area (Å²) in [5.41, 5.74) is 5.99. The molecule has 1 fully saturated rings. The summed E-state index contributed by atoms with van der Waals surface area (Å²) in [6.45, 7) is 1.84. The zero-order valence-corrected chi connectivity index (χ0v) is 10.3. The summed E-state index contributed by atoms with van der Waals surface area (Å²) in [4.78, 5) is 23.3. The molecule has 0 spiro atoms. The number of carbonyl (C=O) groups is 1. The van der Waals surface area contributed by atoms with Gasteiger partial charge in [0.1, 0.15) is 0 Å². The van der Waals surface area contributed by atoms with Gasteiger partial charge in [0.05, 0.1) is 16.2 Å². The molecule has 0 radical (unpaired) electrons. The molecule has 7 heteroatoms. The molecule has 2 rings (SSSR count). The molecule has 0 saturated carbocycles. The first-order chi connectivity index (χ1) is 9.02. The van der Waals surface area contributed by atoms with Crippen molar-refractivity contribution in [1.29, 1.82) is 0 Å². The Labute approximate surface area is 109 Å². The van der Waals surface area contributed by atoms with E-state index in [1.807, 2.05) is 4.90 Å². The van der Waals surface area contributed by atoms with Crippen molar-refractivity contribution in [2.75, 3.05) is 24.5 Å². The van der Waals surface area contributed by atoms with Crippen LogP contribution in [0.3, 0.4) is 0 Å². The molecular weight excluding hydrogens is 250 g/mol. The Kier molecular flexibility index (Phi) is 3.66. The van der Waals surface area contributed by atoms with Crippen LogP contribution in [0.4, 0.5) is 11.4 Å². The van der Waals surface area contributed by atoms with Gasteiger partial charge in [0.15, 0.2) is 0 Å². The standard InChI is InChI=1S/C12H15N3O4/c13-6-8-3-4-14(7-8)11-5-9(15(18)19)1-2-10(11)12(16)17/h1-2,5,8H,3-4,6-7,13H2,(H,16,17). The van der Waals surface area contributed by atoms with Crippen molar-refractivity contribution < 1.29 is 14.8 Å². The largest absolute Gasteiger partial charge is 0.478 e. The maximum Gasteiger partial charge on any atom is 0.337 e. The second kappa shape index (κ2) is 5.23. The van der Waals surface area contributed by atoms with Gasteiger partial charge in [-0.3, -0.25) is 10.1 Å². The minimum absolute atomic E-state index is 0.0864. The van der Waals surface area contributed by atoms with Crippen LogP contribution in [0.5, 0.6) is 0 Å². The van der Waals surface area contributed by atoms with Crippen molar-refractivity contribution in [3.63, 3.8) is 0 Å². The lowest BCUT2D eigenvalue weighted by molar-refractivity contribution is -0.384. The molecule has 3 N–H and O–H groups in total. The van der Waals surface area contributed by atoms with E-state index >= 15 is 0 Å². The van der Waals surface area contributed by atoms with Gasteiger partial charge in [0, 0.05) is 25.2 Å². The van der Waals surface area contributed by atoms with Crippen molar-refractivity contribution in [1.82, 2.24) is 0 Å². The number of anilines is 1. The summed E-state index contributed by atoms with van der Waals surface area (Å²) in [6.07, 6.45) is 0.873. The van der Waals surface area contributed by atoms with Crippen LogP contribution in [-0.2, 0) is 0 Å². The van der Waals surface area contributed by atoms with E-state index in [-0.39, 0.29) is 11.3 Å². The van der Waals surface area contributed by atoms with Crippen molar-refractivity contribution >= 4 is 17.3 Å². The van der Waals surface area contributed by atoms with Crippen LogP contribution in [-0.4, -0.2) is 35.6 Å². The Morgan fingerprint density at radius 3 is 2.84 bits per heavy atom. The number of benzene rings is 1. The Hall–Kier alpha value is -2.15. The average molecular weight is 265 g/mol. The molecule has 0 amide bonds. The van der Waals surface area contributed by atoms with Crippen LogP contribution < -0.4 is 10.6 Å². The highest BCUT2D eigenvalue weighted by Gasteiger charge is 2.26. The highest BCUT2D eigenvalue weighted by atomic mass is 16.6. The number of nitrogens with zero attached hydrogens (tertiary/aromatic N) is 2.